The highest BCUT2D eigenvalue weighted by Gasteiger charge is 2.14. The molecular formula is C16H23NO2S. The van der Waals surface area contributed by atoms with Gasteiger partial charge >= 0.3 is 6.09 Å². The fourth-order valence-electron chi connectivity index (χ4n) is 1.54. The number of nitrogens with one attached hydrogen (secondary N) is 1. The highest BCUT2D eigenvalue weighted by Crippen LogP contribution is 2.16. The van der Waals surface area contributed by atoms with Crippen LogP contribution in [0.15, 0.2) is 35.2 Å². The van der Waals surface area contributed by atoms with E-state index in [4.69, 9.17) is 4.74 Å². The molecule has 0 fully saturated rings. The van der Waals surface area contributed by atoms with Gasteiger partial charge in [0.25, 0.3) is 0 Å². The van der Waals surface area contributed by atoms with Gasteiger partial charge in [-0.15, -0.1) is 11.8 Å². The maximum absolute atomic E-state index is 11.4. The molecule has 3 nitrogen and oxygen atoms in total. The van der Waals surface area contributed by atoms with E-state index in [1.54, 1.807) is 11.8 Å². The fourth-order valence-corrected chi connectivity index (χ4v) is 2.00. The van der Waals surface area contributed by atoms with Crippen LogP contribution < -0.4 is 5.32 Å². The van der Waals surface area contributed by atoms with E-state index in [9.17, 15) is 4.79 Å². The number of hydrogen-bond acceptors (Lipinski definition) is 3. The van der Waals surface area contributed by atoms with Gasteiger partial charge in [-0.05, 0) is 51.1 Å². The van der Waals surface area contributed by atoms with Gasteiger partial charge in [-0.25, -0.2) is 4.79 Å². The predicted octanol–water partition coefficient (Wildman–Crippen LogP) is 4.34. The molecule has 20 heavy (non-hydrogen) atoms. The monoisotopic (exact) mass is 293 g/mol. The van der Waals surface area contributed by atoms with Crippen LogP contribution in [0.3, 0.4) is 0 Å². The number of rotatable bonds is 5. The third-order valence-corrected chi connectivity index (χ3v) is 3.11. The largest absolute Gasteiger partial charge is 0.444 e. The third-order valence-electron chi connectivity index (χ3n) is 2.38. The maximum Gasteiger partial charge on any atom is 0.407 e. The Morgan fingerprint density at radius 3 is 2.80 bits per heavy atom. The molecule has 0 saturated heterocycles. The molecule has 0 heterocycles. The Morgan fingerprint density at radius 1 is 1.40 bits per heavy atom. The second kappa shape index (κ2) is 8.00. The van der Waals surface area contributed by atoms with E-state index in [1.165, 1.54) is 10.5 Å². The van der Waals surface area contributed by atoms with Crippen molar-refractivity contribution in [1.29, 1.82) is 0 Å². The minimum atomic E-state index is -0.446. The van der Waals surface area contributed by atoms with Crippen LogP contribution in [0.5, 0.6) is 0 Å². The Morgan fingerprint density at radius 2 is 2.15 bits per heavy atom. The van der Waals surface area contributed by atoms with Crippen LogP contribution in [0.1, 0.15) is 32.8 Å². The molecule has 0 aromatic heterocycles. The number of ether oxygens (including phenoxy) is 1. The van der Waals surface area contributed by atoms with Crippen molar-refractivity contribution in [1.82, 2.24) is 5.32 Å². The van der Waals surface area contributed by atoms with Crippen LogP contribution in [0.4, 0.5) is 4.79 Å². The number of amides is 1. The standard InChI is InChI=1S/C16H23NO2S/c1-16(2,3)19-15(18)17-11-6-5-8-13-9-7-10-14(12-13)20-4/h5,7-10,12H,6,11H2,1-4H3,(H,17,18). The van der Waals surface area contributed by atoms with Crippen LogP contribution in [-0.2, 0) is 4.74 Å². The SMILES string of the molecule is CSc1cccc(C=CCCNC(=O)OC(C)(C)C)c1. The number of carbonyl (C=O) groups excluding carboxylic acids is 1. The molecule has 0 spiro atoms. The van der Waals surface area contributed by atoms with E-state index in [-0.39, 0.29) is 6.09 Å². The normalized spacial score (nSPS) is 11.6. The lowest BCUT2D eigenvalue weighted by Crippen LogP contribution is -2.32. The number of alkyl carbamates (subject to hydrolysis) is 1. The molecule has 1 rings (SSSR count). The summed E-state index contributed by atoms with van der Waals surface area (Å²) < 4.78 is 5.16. The van der Waals surface area contributed by atoms with Gasteiger partial charge < -0.3 is 10.1 Å². The van der Waals surface area contributed by atoms with Gasteiger partial charge in [-0.1, -0.05) is 24.3 Å². The first kappa shape index (κ1) is 16.6. The summed E-state index contributed by atoms with van der Waals surface area (Å²) in [6, 6.07) is 8.34. The Labute approximate surface area is 125 Å². The van der Waals surface area contributed by atoms with Crippen LogP contribution in [-0.4, -0.2) is 24.5 Å². The molecule has 0 atom stereocenters. The topological polar surface area (TPSA) is 38.3 Å². The van der Waals surface area contributed by atoms with Gasteiger partial charge in [0.1, 0.15) is 5.60 Å². The minimum Gasteiger partial charge on any atom is -0.444 e. The van der Waals surface area contributed by atoms with E-state index in [0.29, 0.717) is 6.54 Å². The number of benzene rings is 1. The van der Waals surface area contributed by atoms with E-state index in [1.807, 2.05) is 26.8 Å². The Bertz CT molecular complexity index is 464. The predicted molar refractivity (Wildman–Crippen MR) is 86.1 cm³/mol. The number of thioether (sulfide) groups is 1. The lowest BCUT2D eigenvalue weighted by atomic mass is 10.2. The van der Waals surface area contributed by atoms with Gasteiger partial charge in [0.2, 0.25) is 0 Å². The number of hydrogen-bond donors (Lipinski definition) is 1. The zero-order valence-electron chi connectivity index (χ0n) is 12.6. The zero-order chi connectivity index (χ0) is 15.0. The Kier molecular flexibility index (Phi) is 6.65. The molecule has 1 aromatic carbocycles. The van der Waals surface area contributed by atoms with Crippen LogP contribution in [0.25, 0.3) is 6.08 Å². The summed E-state index contributed by atoms with van der Waals surface area (Å²) in [5, 5.41) is 2.73. The fraction of sp³-hybridized carbons (Fsp3) is 0.438. The van der Waals surface area contributed by atoms with Crippen LogP contribution >= 0.6 is 11.8 Å². The van der Waals surface area contributed by atoms with Crippen LogP contribution in [0, 0.1) is 0 Å². The van der Waals surface area contributed by atoms with Gasteiger partial charge in [-0.3, -0.25) is 0 Å². The highest BCUT2D eigenvalue weighted by atomic mass is 32.2. The third kappa shape index (κ3) is 7.24. The molecule has 0 unspecified atom stereocenters. The van der Waals surface area contributed by atoms with E-state index in [2.05, 4.69) is 41.9 Å². The van der Waals surface area contributed by atoms with Crippen molar-refractivity contribution in [3.63, 3.8) is 0 Å². The maximum atomic E-state index is 11.4. The Balaban J connectivity index is 2.30. The first-order valence-electron chi connectivity index (χ1n) is 6.68. The van der Waals surface area contributed by atoms with Gasteiger partial charge in [-0.2, -0.15) is 0 Å². The molecule has 0 radical (unpaired) electrons. The summed E-state index contributed by atoms with van der Waals surface area (Å²) in [7, 11) is 0. The molecular weight excluding hydrogens is 270 g/mol. The molecule has 1 amide bonds. The summed E-state index contributed by atoms with van der Waals surface area (Å²) in [4.78, 5) is 12.7. The first-order valence-corrected chi connectivity index (χ1v) is 7.90. The average Bonchev–Trinajstić information content (AvgIpc) is 2.36. The molecule has 4 heteroatoms. The molecule has 1 aromatic rings. The van der Waals surface area contributed by atoms with Crippen molar-refractivity contribution in [2.24, 2.45) is 0 Å². The summed E-state index contributed by atoms with van der Waals surface area (Å²) >= 11 is 1.73. The second-order valence-corrected chi connectivity index (χ2v) is 6.28. The van der Waals surface area contributed by atoms with Gasteiger partial charge in [0, 0.05) is 11.4 Å². The van der Waals surface area contributed by atoms with Crippen molar-refractivity contribution >= 4 is 23.9 Å². The molecule has 0 aliphatic heterocycles. The molecule has 1 N–H and O–H groups in total. The van der Waals surface area contributed by atoms with E-state index < -0.39 is 5.60 Å². The molecule has 0 aliphatic carbocycles. The smallest absolute Gasteiger partial charge is 0.407 e. The molecule has 0 bridgehead atoms. The molecule has 110 valence electrons. The lowest BCUT2D eigenvalue weighted by Gasteiger charge is -2.19. The van der Waals surface area contributed by atoms with Crippen molar-refractivity contribution in [2.45, 2.75) is 37.7 Å². The Hall–Kier alpha value is -1.42. The summed E-state index contributed by atoms with van der Waals surface area (Å²) in [6.07, 6.45) is 6.60. The lowest BCUT2D eigenvalue weighted by molar-refractivity contribution is 0.0529. The summed E-state index contributed by atoms with van der Waals surface area (Å²) in [6.45, 7) is 6.13. The van der Waals surface area contributed by atoms with Crippen molar-refractivity contribution in [3.05, 3.63) is 35.9 Å². The van der Waals surface area contributed by atoms with E-state index in [0.717, 1.165) is 6.42 Å². The van der Waals surface area contributed by atoms with Crippen molar-refractivity contribution in [2.75, 3.05) is 12.8 Å². The van der Waals surface area contributed by atoms with Gasteiger partial charge in [0.15, 0.2) is 0 Å². The minimum absolute atomic E-state index is 0.365. The molecule has 0 saturated carbocycles. The van der Waals surface area contributed by atoms with E-state index >= 15 is 0 Å². The highest BCUT2D eigenvalue weighted by molar-refractivity contribution is 7.98. The van der Waals surface area contributed by atoms with Crippen LogP contribution in [0.2, 0.25) is 0 Å². The average molecular weight is 293 g/mol. The van der Waals surface area contributed by atoms with Crippen molar-refractivity contribution in [3.8, 4) is 0 Å². The number of carbonyl (C=O) groups is 1. The van der Waals surface area contributed by atoms with Gasteiger partial charge in [0.05, 0.1) is 0 Å². The summed E-state index contributed by atoms with van der Waals surface area (Å²) in [5.74, 6) is 0. The quantitative estimate of drug-likeness (QED) is 0.648. The van der Waals surface area contributed by atoms with Crippen molar-refractivity contribution < 1.29 is 9.53 Å². The molecule has 0 aliphatic rings. The zero-order valence-corrected chi connectivity index (χ0v) is 13.4. The summed E-state index contributed by atoms with van der Waals surface area (Å²) in [5.41, 5.74) is 0.729. The second-order valence-electron chi connectivity index (χ2n) is 5.40. The first-order chi connectivity index (χ1) is 9.40.